The topological polar surface area (TPSA) is 132 Å². The van der Waals surface area contributed by atoms with Crippen LogP contribution < -0.4 is 10.6 Å². The number of nitrogens with zero attached hydrogens (tertiary/aromatic N) is 2. The summed E-state index contributed by atoms with van der Waals surface area (Å²) in [6.07, 6.45) is 3.87. The summed E-state index contributed by atoms with van der Waals surface area (Å²) in [4.78, 5) is 46.8. The van der Waals surface area contributed by atoms with Crippen LogP contribution in [0.5, 0.6) is 0 Å². The second kappa shape index (κ2) is 14.9. The van der Waals surface area contributed by atoms with Crippen molar-refractivity contribution in [1.82, 2.24) is 20.5 Å². The molecule has 4 atom stereocenters. The number of β-amino-alcohol motifs (C(OH)–C–C–N with tert-alkyl or cyclic N) is 1. The van der Waals surface area contributed by atoms with Crippen LogP contribution in [0.4, 0.5) is 0 Å². The average Bonchev–Trinajstić information content (AvgIpc) is 3.53. The van der Waals surface area contributed by atoms with Gasteiger partial charge in [-0.15, -0.1) is 11.3 Å². The standard InChI is InChI=1S/C31H46N4O5S/c1-20(22-12-14-23(15-13-22)27-21(2)32-19-41-27)33-29(39)25-17-24(37)18-35(25)30(40)28(31(3,4)5)34-26(38)11-9-7-6-8-10-16-36/h12-15,19-20,24-25,28,36-37H,6-11,16-18H2,1-5H3,(H,33,39)(H,34,38)/t20?,24-,25+,28?/m1/s1. The van der Waals surface area contributed by atoms with Gasteiger partial charge in [0.2, 0.25) is 17.7 Å². The molecular formula is C31H46N4O5S. The van der Waals surface area contributed by atoms with Crippen molar-refractivity contribution in [3.8, 4) is 10.4 Å². The Balaban J connectivity index is 1.63. The fraction of sp³-hybridized carbons (Fsp3) is 0.613. The number of aryl methyl sites for hydroxylation is 1. The summed E-state index contributed by atoms with van der Waals surface area (Å²) in [6, 6.07) is 6.02. The number of nitrogens with one attached hydrogen (secondary N) is 2. The number of amides is 3. The van der Waals surface area contributed by atoms with Gasteiger partial charge in [0.25, 0.3) is 0 Å². The summed E-state index contributed by atoms with van der Waals surface area (Å²) in [5.74, 6) is -0.888. The molecule has 2 aromatic rings. The Hall–Kier alpha value is -2.82. The number of hydrogen-bond acceptors (Lipinski definition) is 7. The lowest BCUT2D eigenvalue weighted by Crippen LogP contribution is -2.57. The first-order chi connectivity index (χ1) is 19.4. The number of unbranched alkanes of at least 4 members (excludes halogenated alkanes) is 4. The molecule has 0 saturated carbocycles. The number of hydrogen-bond donors (Lipinski definition) is 4. The molecule has 2 heterocycles. The van der Waals surface area contributed by atoms with Crippen molar-refractivity contribution in [2.75, 3.05) is 13.2 Å². The van der Waals surface area contributed by atoms with Crippen LogP contribution in [0, 0.1) is 12.3 Å². The normalized spacial score (nSPS) is 18.7. The Morgan fingerprint density at radius 1 is 1.07 bits per heavy atom. The highest BCUT2D eigenvalue weighted by Gasteiger charge is 2.44. The van der Waals surface area contributed by atoms with Crippen LogP contribution in [0.1, 0.15) is 89.9 Å². The lowest BCUT2D eigenvalue weighted by Gasteiger charge is -2.35. The zero-order valence-corrected chi connectivity index (χ0v) is 25.8. The van der Waals surface area contributed by atoms with Crippen molar-refractivity contribution < 1.29 is 24.6 Å². The summed E-state index contributed by atoms with van der Waals surface area (Å²) in [5.41, 5.74) is 4.21. The third-order valence-electron chi connectivity index (χ3n) is 7.62. The molecule has 4 N–H and O–H groups in total. The molecule has 1 aliphatic rings. The molecule has 0 aliphatic carbocycles. The summed E-state index contributed by atoms with van der Waals surface area (Å²) in [7, 11) is 0. The Labute approximate surface area is 247 Å². The fourth-order valence-corrected chi connectivity index (χ4v) is 5.99. The Morgan fingerprint density at radius 3 is 2.34 bits per heavy atom. The zero-order chi connectivity index (χ0) is 30.2. The molecule has 2 unspecified atom stereocenters. The third-order valence-corrected chi connectivity index (χ3v) is 8.60. The van der Waals surface area contributed by atoms with Gasteiger partial charge in [0.1, 0.15) is 12.1 Å². The molecule has 1 aromatic carbocycles. The highest BCUT2D eigenvalue weighted by atomic mass is 32.1. The van der Waals surface area contributed by atoms with Crippen LogP contribution in [0.3, 0.4) is 0 Å². The maximum absolute atomic E-state index is 13.8. The lowest BCUT2D eigenvalue weighted by atomic mass is 9.85. The van der Waals surface area contributed by atoms with Crippen LogP contribution in [0.15, 0.2) is 29.8 Å². The van der Waals surface area contributed by atoms with Crippen molar-refractivity contribution in [3.63, 3.8) is 0 Å². The fourth-order valence-electron chi connectivity index (χ4n) is 5.18. The van der Waals surface area contributed by atoms with Crippen molar-refractivity contribution in [2.45, 2.75) is 104 Å². The lowest BCUT2D eigenvalue weighted by molar-refractivity contribution is -0.144. The number of carbonyl (C=O) groups excluding carboxylic acids is 3. The number of aromatic nitrogens is 1. The molecule has 1 aliphatic heterocycles. The molecule has 0 spiro atoms. The Bertz CT molecular complexity index is 1160. The minimum atomic E-state index is -0.829. The molecule has 0 radical (unpaired) electrons. The summed E-state index contributed by atoms with van der Waals surface area (Å²) < 4.78 is 0. The van der Waals surface area contributed by atoms with Gasteiger partial charge in [-0.25, -0.2) is 4.98 Å². The van der Waals surface area contributed by atoms with Gasteiger partial charge in [-0.2, -0.15) is 0 Å². The first kappa shape index (κ1) is 32.7. The van der Waals surface area contributed by atoms with Crippen LogP contribution in [-0.2, 0) is 14.4 Å². The molecule has 226 valence electrons. The van der Waals surface area contributed by atoms with E-state index in [2.05, 4.69) is 15.6 Å². The van der Waals surface area contributed by atoms with Gasteiger partial charge in [-0.05, 0) is 43.2 Å². The summed E-state index contributed by atoms with van der Waals surface area (Å²) in [5, 5.41) is 25.3. The van der Waals surface area contributed by atoms with Crippen molar-refractivity contribution in [3.05, 3.63) is 41.0 Å². The first-order valence-corrected chi connectivity index (χ1v) is 15.5. The van der Waals surface area contributed by atoms with Crippen LogP contribution >= 0.6 is 11.3 Å². The van der Waals surface area contributed by atoms with Gasteiger partial charge in [-0.1, -0.05) is 64.3 Å². The summed E-state index contributed by atoms with van der Waals surface area (Å²) >= 11 is 1.59. The highest BCUT2D eigenvalue weighted by Crippen LogP contribution is 2.29. The highest BCUT2D eigenvalue weighted by molar-refractivity contribution is 7.13. The average molecular weight is 587 g/mol. The van der Waals surface area contributed by atoms with E-state index in [9.17, 15) is 19.5 Å². The number of benzene rings is 1. The van der Waals surface area contributed by atoms with Crippen molar-refractivity contribution >= 4 is 29.1 Å². The Kier molecular flexibility index (Phi) is 11.9. The first-order valence-electron chi connectivity index (χ1n) is 14.6. The number of aliphatic hydroxyl groups is 2. The van der Waals surface area contributed by atoms with Gasteiger partial charge < -0.3 is 25.7 Å². The van der Waals surface area contributed by atoms with Gasteiger partial charge in [-0.3, -0.25) is 14.4 Å². The SMILES string of the molecule is Cc1ncsc1-c1ccc(C(C)NC(=O)[C@@H]2C[C@@H](O)CN2C(=O)C(NC(=O)CCCCCCCO)C(C)(C)C)cc1. The number of thiazole rings is 1. The van der Waals surface area contributed by atoms with E-state index in [1.165, 1.54) is 4.90 Å². The van der Waals surface area contributed by atoms with E-state index in [4.69, 9.17) is 5.11 Å². The largest absolute Gasteiger partial charge is 0.396 e. The smallest absolute Gasteiger partial charge is 0.246 e. The molecular weight excluding hydrogens is 540 g/mol. The second-order valence-electron chi connectivity index (χ2n) is 12.1. The summed E-state index contributed by atoms with van der Waals surface area (Å²) in [6.45, 7) is 9.74. The maximum Gasteiger partial charge on any atom is 0.246 e. The molecule has 3 rings (SSSR count). The Morgan fingerprint density at radius 2 is 1.73 bits per heavy atom. The van der Waals surface area contributed by atoms with Gasteiger partial charge in [0.05, 0.1) is 28.2 Å². The molecule has 10 heteroatoms. The maximum atomic E-state index is 13.8. The predicted molar refractivity (Wildman–Crippen MR) is 161 cm³/mol. The van der Waals surface area contributed by atoms with Crippen LogP contribution in [0.25, 0.3) is 10.4 Å². The van der Waals surface area contributed by atoms with Crippen LogP contribution in [-0.4, -0.2) is 69.2 Å². The molecule has 1 saturated heterocycles. The van der Waals surface area contributed by atoms with E-state index in [1.54, 1.807) is 11.3 Å². The zero-order valence-electron chi connectivity index (χ0n) is 25.0. The van der Waals surface area contributed by atoms with E-state index in [-0.39, 0.29) is 43.3 Å². The molecule has 1 fully saturated rings. The predicted octanol–water partition coefficient (Wildman–Crippen LogP) is 4.12. The van der Waals surface area contributed by atoms with Gasteiger partial charge >= 0.3 is 0 Å². The minimum Gasteiger partial charge on any atom is -0.396 e. The van der Waals surface area contributed by atoms with Gasteiger partial charge in [0, 0.05) is 26.0 Å². The molecule has 41 heavy (non-hydrogen) atoms. The van der Waals surface area contributed by atoms with E-state index >= 15 is 0 Å². The molecule has 9 nitrogen and oxygen atoms in total. The second-order valence-corrected chi connectivity index (χ2v) is 13.0. The molecule has 1 aromatic heterocycles. The van der Waals surface area contributed by atoms with Crippen molar-refractivity contribution in [2.24, 2.45) is 5.41 Å². The van der Waals surface area contributed by atoms with Crippen LogP contribution in [0.2, 0.25) is 0 Å². The third kappa shape index (κ3) is 9.08. The number of carbonyl (C=O) groups is 3. The minimum absolute atomic E-state index is 0.0432. The monoisotopic (exact) mass is 586 g/mol. The van der Waals surface area contributed by atoms with E-state index in [0.717, 1.165) is 47.4 Å². The quantitative estimate of drug-likeness (QED) is 0.261. The molecule has 0 bridgehead atoms. The number of aliphatic hydroxyl groups excluding tert-OH is 2. The van der Waals surface area contributed by atoms with Crippen molar-refractivity contribution in [1.29, 1.82) is 0 Å². The number of likely N-dealkylation sites (tertiary alicyclic amines) is 1. The number of rotatable bonds is 13. The van der Waals surface area contributed by atoms with E-state index < -0.39 is 23.6 Å². The van der Waals surface area contributed by atoms with E-state index in [0.29, 0.717) is 12.8 Å². The molecule has 3 amide bonds. The van der Waals surface area contributed by atoms with Gasteiger partial charge in [0.15, 0.2) is 0 Å². The van der Waals surface area contributed by atoms with E-state index in [1.807, 2.05) is 64.4 Å².